The molecule has 0 fully saturated rings. The van der Waals surface area contributed by atoms with E-state index in [0.29, 0.717) is 28.1 Å². The molecule has 2 heterocycles. The van der Waals surface area contributed by atoms with Gasteiger partial charge in [0.1, 0.15) is 17.0 Å². The minimum absolute atomic E-state index is 0.116. The van der Waals surface area contributed by atoms with Crippen molar-refractivity contribution in [3.8, 4) is 23.0 Å². The van der Waals surface area contributed by atoms with Crippen LogP contribution < -0.4 is 20.1 Å². The number of ether oxygens (including phenoxy) is 2. The van der Waals surface area contributed by atoms with E-state index < -0.39 is 0 Å². The number of anilines is 2. The number of benzene rings is 2. The number of aromatic nitrogens is 3. The average molecular weight is 441 g/mol. The van der Waals surface area contributed by atoms with Crippen LogP contribution in [0.2, 0.25) is 0 Å². The van der Waals surface area contributed by atoms with Gasteiger partial charge in [-0.25, -0.2) is 4.98 Å². The minimum Gasteiger partial charge on any atom is -0.494 e. The molecule has 0 radical (unpaired) electrons. The number of carbonyl (C=O) groups is 1. The lowest BCUT2D eigenvalue weighted by Gasteiger charge is -2.06. The molecule has 2 aromatic carbocycles. The molecule has 160 valence electrons. The first-order chi connectivity index (χ1) is 15.2. The molecule has 0 aliphatic carbocycles. The number of carbonyl (C=O) groups excluding carboxylic acids is 1. The second-order valence-electron chi connectivity index (χ2n) is 6.25. The largest absolute Gasteiger partial charge is 0.494 e. The minimum atomic E-state index is -0.307. The van der Waals surface area contributed by atoms with Gasteiger partial charge in [0, 0.05) is 12.1 Å². The molecule has 0 aliphatic rings. The number of aliphatic hydroxyl groups is 1. The fraction of sp³-hybridized carbons (Fsp3) is 0.200. The van der Waals surface area contributed by atoms with E-state index in [1.54, 1.807) is 31.4 Å². The van der Waals surface area contributed by atoms with Crippen LogP contribution in [0.3, 0.4) is 0 Å². The number of amides is 1. The molecule has 31 heavy (non-hydrogen) atoms. The van der Waals surface area contributed by atoms with Crippen molar-refractivity contribution in [3.63, 3.8) is 0 Å². The highest BCUT2D eigenvalue weighted by atomic mass is 32.1. The van der Waals surface area contributed by atoms with E-state index >= 15 is 0 Å². The van der Waals surface area contributed by atoms with Gasteiger partial charge in [0.15, 0.2) is 11.7 Å². The van der Waals surface area contributed by atoms with Crippen LogP contribution in [0.25, 0.3) is 21.7 Å². The molecule has 4 rings (SSSR count). The van der Waals surface area contributed by atoms with Gasteiger partial charge in [0.2, 0.25) is 5.89 Å². The van der Waals surface area contributed by atoms with Gasteiger partial charge in [-0.3, -0.25) is 10.1 Å². The Morgan fingerprint density at radius 3 is 2.81 bits per heavy atom. The van der Waals surface area contributed by atoms with E-state index in [4.69, 9.17) is 19.0 Å². The second kappa shape index (κ2) is 9.41. The Balaban J connectivity index is 1.40. The zero-order chi connectivity index (χ0) is 21.6. The number of fused-ring (bicyclic) bond motifs is 1. The summed E-state index contributed by atoms with van der Waals surface area (Å²) in [6.07, 6.45) is 0. The van der Waals surface area contributed by atoms with Gasteiger partial charge in [-0.05, 0) is 36.4 Å². The van der Waals surface area contributed by atoms with E-state index in [0.717, 1.165) is 10.2 Å². The van der Waals surface area contributed by atoms with Crippen LogP contribution in [-0.2, 0) is 4.79 Å². The van der Waals surface area contributed by atoms with Crippen molar-refractivity contribution in [1.29, 1.82) is 0 Å². The number of para-hydroxylation sites is 1. The fourth-order valence-corrected chi connectivity index (χ4v) is 3.59. The third-order valence-corrected chi connectivity index (χ3v) is 5.08. The lowest BCUT2D eigenvalue weighted by Crippen LogP contribution is -2.31. The first kappa shape index (κ1) is 20.6. The number of nitrogens with one attached hydrogen (secondary N) is 2. The summed E-state index contributed by atoms with van der Waals surface area (Å²) in [5.41, 5.74) is 1.46. The molecule has 3 N–H and O–H groups in total. The molecule has 10 nitrogen and oxygen atoms in total. The Morgan fingerprint density at radius 2 is 2.03 bits per heavy atom. The Morgan fingerprint density at radius 1 is 1.19 bits per heavy atom. The molecule has 0 spiro atoms. The summed E-state index contributed by atoms with van der Waals surface area (Å²) in [4.78, 5) is 16.0. The van der Waals surface area contributed by atoms with E-state index in [9.17, 15) is 4.79 Å². The molecule has 2 aromatic heterocycles. The predicted octanol–water partition coefficient (Wildman–Crippen LogP) is 2.59. The third-order valence-electron chi connectivity index (χ3n) is 4.15. The van der Waals surface area contributed by atoms with Crippen molar-refractivity contribution in [3.05, 3.63) is 42.5 Å². The van der Waals surface area contributed by atoms with E-state index in [1.165, 1.54) is 11.3 Å². The van der Waals surface area contributed by atoms with Gasteiger partial charge in [0.05, 0.1) is 18.4 Å². The zero-order valence-electron chi connectivity index (χ0n) is 16.5. The second-order valence-corrected chi connectivity index (χ2v) is 7.28. The molecule has 0 saturated carbocycles. The smallest absolute Gasteiger partial charge is 0.322 e. The van der Waals surface area contributed by atoms with Crippen molar-refractivity contribution in [2.45, 2.75) is 0 Å². The molecule has 0 aliphatic heterocycles. The maximum absolute atomic E-state index is 11.5. The number of methoxy groups -OCH3 is 1. The van der Waals surface area contributed by atoms with Crippen molar-refractivity contribution >= 4 is 38.6 Å². The van der Waals surface area contributed by atoms with Gasteiger partial charge >= 0.3 is 6.01 Å². The number of aliphatic hydroxyl groups excluding tert-OH is 1. The van der Waals surface area contributed by atoms with Gasteiger partial charge < -0.3 is 24.3 Å². The summed E-state index contributed by atoms with van der Waals surface area (Å²) in [5.74, 6) is 1.23. The van der Waals surface area contributed by atoms with E-state index in [1.807, 2.05) is 18.2 Å². The van der Waals surface area contributed by atoms with Crippen LogP contribution in [-0.4, -0.2) is 53.1 Å². The topological polar surface area (TPSA) is 132 Å². The van der Waals surface area contributed by atoms with Crippen molar-refractivity contribution in [2.24, 2.45) is 0 Å². The van der Waals surface area contributed by atoms with Gasteiger partial charge in [-0.1, -0.05) is 22.5 Å². The SMILES string of the molecule is COc1cccc2sc(Nc3nnc(-c4ccc(OCC(=O)NCCO)cc4)o3)nc12. The Hall–Kier alpha value is -3.70. The van der Waals surface area contributed by atoms with Crippen LogP contribution >= 0.6 is 11.3 Å². The summed E-state index contributed by atoms with van der Waals surface area (Å²) < 4.78 is 17.4. The first-order valence-electron chi connectivity index (χ1n) is 9.31. The normalized spacial score (nSPS) is 10.8. The standard InChI is InChI=1S/C20H19N5O5S/c1-28-14-3-2-4-15-17(14)22-20(31-15)23-19-25-24-18(30-19)12-5-7-13(8-6-12)29-11-16(27)21-9-10-26/h2-8,26H,9-11H2,1H3,(H,21,27)(H,22,23,25). The Kier molecular flexibility index (Phi) is 6.24. The lowest BCUT2D eigenvalue weighted by molar-refractivity contribution is -0.123. The summed E-state index contributed by atoms with van der Waals surface area (Å²) in [6.45, 7) is -0.0607. The van der Waals surface area contributed by atoms with Crippen LogP contribution in [0.15, 0.2) is 46.9 Å². The molecular formula is C20H19N5O5S. The highest BCUT2D eigenvalue weighted by Gasteiger charge is 2.13. The molecule has 0 atom stereocenters. The maximum atomic E-state index is 11.5. The van der Waals surface area contributed by atoms with E-state index in [-0.39, 0.29) is 31.7 Å². The summed E-state index contributed by atoms with van der Waals surface area (Å²) >= 11 is 1.45. The predicted molar refractivity (Wildman–Crippen MR) is 115 cm³/mol. The molecule has 11 heteroatoms. The van der Waals surface area contributed by atoms with Gasteiger partial charge in [0.25, 0.3) is 5.91 Å². The molecule has 0 unspecified atom stereocenters. The lowest BCUT2D eigenvalue weighted by atomic mass is 10.2. The summed E-state index contributed by atoms with van der Waals surface area (Å²) in [5, 5.41) is 22.9. The van der Waals surface area contributed by atoms with Crippen LogP contribution in [0.1, 0.15) is 0 Å². The summed E-state index contributed by atoms with van der Waals surface area (Å²) in [7, 11) is 1.61. The highest BCUT2D eigenvalue weighted by Crippen LogP contribution is 2.33. The Labute approximate surface area is 180 Å². The van der Waals surface area contributed by atoms with Crippen LogP contribution in [0.4, 0.5) is 11.1 Å². The van der Waals surface area contributed by atoms with Crippen LogP contribution in [0.5, 0.6) is 11.5 Å². The molecule has 1 amide bonds. The maximum Gasteiger partial charge on any atom is 0.322 e. The molecule has 0 saturated heterocycles. The summed E-state index contributed by atoms with van der Waals surface area (Å²) in [6, 6.07) is 12.8. The third kappa shape index (κ3) is 4.90. The van der Waals surface area contributed by atoms with Gasteiger partial charge in [-0.2, -0.15) is 0 Å². The number of nitrogens with zero attached hydrogens (tertiary/aromatic N) is 3. The van der Waals surface area contributed by atoms with Crippen molar-refractivity contribution < 1.29 is 23.8 Å². The number of hydrogen-bond donors (Lipinski definition) is 3. The monoisotopic (exact) mass is 441 g/mol. The first-order valence-corrected chi connectivity index (χ1v) is 10.1. The highest BCUT2D eigenvalue weighted by molar-refractivity contribution is 7.22. The number of rotatable bonds is 9. The quantitative estimate of drug-likeness (QED) is 0.358. The molecular weight excluding hydrogens is 422 g/mol. The molecule has 0 bridgehead atoms. The Bertz CT molecular complexity index is 1170. The van der Waals surface area contributed by atoms with Crippen LogP contribution in [0, 0.1) is 0 Å². The van der Waals surface area contributed by atoms with Crippen molar-refractivity contribution in [1.82, 2.24) is 20.5 Å². The number of hydrogen-bond acceptors (Lipinski definition) is 10. The fourth-order valence-electron chi connectivity index (χ4n) is 2.71. The van der Waals surface area contributed by atoms with Crippen molar-refractivity contribution in [2.75, 3.05) is 32.2 Å². The van der Waals surface area contributed by atoms with Gasteiger partial charge in [-0.15, -0.1) is 5.10 Å². The number of thiazole rings is 1. The van der Waals surface area contributed by atoms with E-state index in [2.05, 4.69) is 25.8 Å². The zero-order valence-corrected chi connectivity index (χ0v) is 17.3. The molecule has 4 aromatic rings. The average Bonchev–Trinajstić information content (AvgIpc) is 3.43.